The topological polar surface area (TPSA) is 66.9 Å². The van der Waals surface area contributed by atoms with E-state index in [1.807, 2.05) is 42.6 Å². The summed E-state index contributed by atoms with van der Waals surface area (Å²) in [6, 6.07) is 17.4. The Morgan fingerprint density at radius 3 is 2.53 bits per heavy atom. The molecule has 0 aliphatic carbocycles. The van der Waals surface area contributed by atoms with Gasteiger partial charge in [-0.1, -0.05) is 12.1 Å². The number of alkyl halides is 3. The zero-order valence-corrected chi connectivity index (χ0v) is 19.7. The monoisotopic (exact) mass is 504 g/mol. The first-order valence-electron chi connectivity index (χ1n) is 10.9. The number of benzene rings is 2. The molecule has 0 spiro atoms. The number of carbonyl (C=O) groups excluding carboxylic acids is 1. The van der Waals surface area contributed by atoms with Gasteiger partial charge in [0.25, 0.3) is 5.91 Å². The molecule has 36 heavy (non-hydrogen) atoms. The van der Waals surface area contributed by atoms with Crippen molar-refractivity contribution in [2.24, 2.45) is 0 Å². The van der Waals surface area contributed by atoms with Crippen LogP contribution < -0.4 is 10.6 Å². The quantitative estimate of drug-likeness (QED) is 0.258. The molecule has 3 heterocycles. The molecule has 2 aromatic carbocycles. The third kappa shape index (κ3) is 4.92. The SMILES string of the molecule is Cc1ccc(NC(=O)c2cccc(C(F)(F)F)c2)cc1Nc1cc(-c2ccncc2)nc2sccc12. The van der Waals surface area contributed by atoms with Gasteiger partial charge in [-0.05, 0) is 72.5 Å². The van der Waals surface area contributed by atoms with Gasteiger partial charge in [-0.15, -0.1) is 11.3 Å². The van der Waals surface area contributed by atoms with E-state index in [0.29, 0.717) is 5.69 Å². The van der Waals surface area contributed by atoms with Gasteiger partial charge in [-0.25, -0.2) is 4.98 Å². The summed E-state index contributed by atoms with van der Waals surface area (Å²) in [4.78, 5) is 22.4. The Morgan fingerprint density at radius 1 is 0.944 bits per heavy atom. The highest BCUT2D eigenvalue weighted by molar-refractivity contribution is 7.16. The summed E-state index contributed by atoms with van der Waals surface area (Å²) in [7, 11) is 0. The number of fused-ring (bicyclic) bond motifs is 1. The van der Waals surface area contributed by atoms with Gasteiger partial charge >= 0.3 is 6.18 Å². The molecule has 0 saturated heterocycles. The van der Waals surface area contributed by atoms with Gasteiger partial charge < -0.3 is 10.6 Å². The Morgan fingerprint density at radius 2 is 1.75 bits per heavy atom. The molecule has 0 saturated carbocycles. The summed E-state index contributed by atoms with van der Waals surface area (Å²) in [5.41, 5.74) is 3.76. The molecule has 180 valence electrons. The Kier molecular flexibility index (Phi) is 6.15. The van der Waals surface area contributed by atoms with Gasteiger partial charge in [0.05, 0.1) is 16.9 Å². The molecule has 0 radical (unpaired) electrons. The second-order valence-corrected chi connectivity index (χ2v) is 9.01. The maximum Gasteiger partial charge on any atom is 0.416 e. The molecule has 5 aromatic rings. The van der Waals surface area contributed by atoms with Gasteiger partial charge in [0, 0.05) is 40.3 Å². The largest absolute Gasteiger partial charge is 0.416 e. The number of hydrogen-bond donors (Lipinski definition) is 2. The highest BCUT2D eigenvalue weighted by Crippen LogP contribution is 2.35. The van der Waals surface area contributed by atoms with Crippen LogP contribution in [0.3, 0.4) is 0 Å². The van der Waals surface area contributed by atoms with Gasteiger partial charge in [0.1, 0.15) is 4.83 Å². The van der Waals surface area contributed by atoms with Gasteiger partial charge in [0.15, 0.2) is 0 Å². The van der Waals surface area contributed by atoms with E-state index in [9.17, 15) is 18.0 Å². The molecule has 5 nitrogen and oxygen atoms in total. The molecule has 0 atom stereocenters. The van der Waals surface area contributed by atoms with E-state index in [4.69, 9.17) is 4.98 Å². The summed E-state index contributed by atoms with van der Waals surface area (Å²) in [6.07, 6.45) is -1.10. The normalized spacial score (nSPS) is 11.4. The fourth-order valence-corrected chi connectivity index (χ4v) is 4.53. The number of aryl methyl sites for hydroxylation is 1. The lowest BCUT2D eigenvalue weighted by atomic mass is 10.1. The van der Waals surface area contributed by atoms with Crippen LogP contribution in [0.5, 0.6) is 0 Å². The van der Waals surface area contributed by atoms with E-state index in [1.165, 1.54) is 23.5 Å². The first kappa shape index (κ1) is 23.5. The van der Waals surface area contributed by atoms with E-state index in [0.717, 1.165) is 50.5 Å². The third-order valence-corrected chi connectivity index (χ3v) is 6.44. The van der Waals surface area contributed by atoms with Crippen molar-refractivity contribution in [3.63, 3.8) is 0 Å². The molecule has 0 unspecified atom stereocenters. The number of pyridine rings is 2. The van der Waals surface area contributed by atoms with Crippen LogP contribution in [0.25, 0.3) is 21.5 Å². The molecule has 0 bridgehead atoms. The van der Waals surface area contributed by atoms with Crippen LogP contribution >= 0.6 is 11.3 Å². The molecule has 2 N–H and O–H groups in total. The number of aromatic nitrogens is 2. The standard InChI is InChI=1S/C27H19F3N4OS/c1-16-5-6-20(32-25(35)18-3-2-4-19(13-18)27(28,29)30)14-22(16)33-24-15-23(17-7-10-31-11-8-17)34-26-21(24)9-12-36-26/h2-15H,1H3,(H,32,35)(H,33,34). The van der Waals surface area contributed by atoms with Gasteiger partial charge in [-0.3, -0.25) is 9.78 Å². The highest BCUT2D eigenvalue weighted by Gasteiger charge is 2.30. The summed E-state index contributed by atoms with van der Waals surface area (Å²) in [5, 5.41) is 9.07. The number of anilines is 3. The van der Waals surface area contributed by atoms with Crippen LogP contribution in [0.1, 0.15) is 21.5 Å². The molecule has 0 aliphatic heterocycles. The van der Waals surface area contributed by atoms with Gasteiger partial charge in [-0.2, -0.15) is 13.2 Å². The van der Waals surface area contributed by atoms with Crippen LogP contribution in [0.4, 0.5) is 30.2 Å². The Hall–Kier alpha value is -4.24. The Bertz CT molecular complexity index is 1560. The summed E-state index contributed by atoms with van der Waals surface area (Å²) in [5.74, 6) is -0.625. The number of thiophene rings is 1. The summed E-state index contributed by atoms with van der Waals surface area (Å²) >= 11 is 1.53. The number of rotatable bonds is 5. The summed E-state index contributed by atoms with van der Waals surface area (Å²) < 4.78 is 39.1. The number of hydrogen-bond acceptors (Lipinski definition) is 5. The Balaban J connectivity index is 1.44. The second-order valence-electron chi connectivity index (χ2n) is 8.12. The highest BCUT2D eigenvalue weighted by atomic mass is 32.1. The van der Waals surface area contributed by atoms with Crippen molar-refractivity contribution in [1.82, 2.24) is 9.97 Å². The molecule has 9 heteroatoms. The Labute approximate surface area is 208 Å². The minimum atomic E-state index is -4.52. The summed E-state index contributed by atoms with van der Waals surface area (Å²) in [6.45, 7) is 1.93. The zero-order valence-electron chi connectivity index (χ0n) is 18.9. The van der Waals surface area contributed by atoms with Crippen molar-refractivity contribution in [3.8, 4) is 11.3 Å². The molecule has 0 fully saturated rings. The number of carbonyl (C=O) groups is 1. The molecular weight excluding hydrogens is 485 g/mol. The van der Waals surface area contributed by atoms with Crippen molar-refractivity contribution >= 4 is 44.5 Å². The average molecular weight is 505 g/mol. The minimum absolute atomic E-state index is 0.0731. The number of nitrogens with zero attached hydrogens (tertiary/aromatic N) is 2. The fraction of sp³-hybridized carbons (Fsp3) is 0.0741. The molecule has 5 rings (SSSR count). The van der Waals surface area contributed by atoms with Crippen molar-refractivity contribution in [1.29, 1.82) is 0 Å². The van der Waals surface area contributed by atoms with E-state index in [1.54, 1.807) is 24.5 Å². The molecule has 0 aliphatic rings. The van der Waals surface area contributed by atoms with Crippen LogP contribution in [0, 0.1) is 6.92 Å². The fourth-order valence-electron chi connectivity index (χ4n) is 3.74. The first-order valence-corrected chi connectivity index (χ1v) is 11.8. The third-order valence-electron chi connectivity index (χ3n) is 5.63. The lowest BCUT2D eigenvalue weighted by Crippen LogP contribution is -2.14. The molecule has 3 aromatic heterocycles. The lowest BCUT2D eigenvalue weighted by molar-refractivity contribution is -0.137. The maximum atomic E-state index is 13.0. The van der Waals surface area contributed by atoms with E-state index in [-0.39, 0.29) is 5.56 Å². The van der Waals surface area contributed by atoms with Crippen molar-refractivity contribution in [2.45, 2.75) is 13.1 Å². The van der Waals surface area contributed by atoms with E-state index < -0.39 is 17.6 Å². The second kappa shape index (κ2) is 9.43. The van der Waals surface area contributed by atoms with Gasteiger partial charge in [0.2, 0.25) is 0 Å². The average Bonchev–Trinajstić information content (AvgIpc) is 3.35. The predicted molar refractivity (Wildman–Crippen MR) is 137 cm³/mol. The number of nitrogens with one attached hydrogen (secondary N) is 2. The molecular formula is C27H19F3N4OS. The maximum absolute atomic E-state index is 13.0. The zero-order chi connectivity index (χ0) is 25.3. The van der Waals surface area contributed by atoms with Crippen molar-refractivity contribution in [3.05, 3.63) is 101 Å². The number of amides is 1. The first-order chi connectivity index (χ1) is 17.3. The predicted octanol–water partition coefficient (Wildman–Crippen LogP) is 7.68. The van der Waals surface area contributed by atoms with Crippen molar-refractivity contribution in [2.75, 3.05) is 10.6 Å². The van der Waals surface area contributed by atoms with E-state index in [2.05, 4.69) is 15.6 Å². The van der Waals surface area contributed by atoms with E-state index >= 15 is 0 Å². The van der Waals surface area contributed by atoms with Crippen LogP contribution in [-0.2, 0) is 6.18 Å². The molecule has 1 amide bonds. The lowest BCUT2D eigenvalue weighted by Gasteiger charge is -2.15. The van der Waals surface area contributed by atoms with Crippen LogP contribution in [0.2, 0.25) is 0 Å². The number of halogens is 3. The van der Waals surface area contributed by atoms with Crippen LogP contribution in [0.15, 0.2) is 84.5 Å². The van der Waals surface area contributed by atoms with Crippen molar-refractivity contribution < 1.29 is 18.0 Å². The van der Waals surface area contributed by atoms with Crippen LogP contribution in [-0.4, -0.2) is 15.9 Å². The smallest absolute Gasteiger partial charge is 0.355 e. The minimum Gasteiger partial charge on any atom is -0.355 e.